The number of amides is 1. The number of rotatable bonds is 7. The second kappa shape index (κ2) is 9.62. The fraction of sp³-hybridized carbons (Fsp3) is 0.333. The molecule has 1 atom stereocenters. The van der Waals surface area contributed by atoms with E-state index in [0.717, 1.165) is 53.5 Å². The summed E-state index contributed by atoms with van der Waals surface area (Å²) in [5.41, 5.74) is 2.00. The summed E-state index contributed by atoms with van der Waals surface area (Å²) in [5.74, 6) is -0.357. The predicted octanol–water partition coefficient (Wildman–Crippen LogP) is 4.35. The maximum absolute atomic E-state index is 13.4. The molecule has 7 nitrogen and oxygen atoms in total. The van der Waals surface area contributed by atoms with E-state index in [9.17, 15) is 18.0 Å². The zero-order valence-corrected chi connectivity index (χ0v) is 20.3. The van der Waals surface area contributed by atoms with Gasteiger partial charge in [-0.1, -0.05) is 30.7 Å². The fourth-order valence-electron chi connectivity index (χ4n) is 4.31. The standard InChI is InChI=1S/C24H27N3O4S2/c1-3-26(2)20-13-12-19(18-9-6-8-17(16-28)23(18)20)25-24(29)21-10-4-5-14-27(21)33(30,31)22-11-7-15-32-22/h6-9,11-13,15-16,21H,3-5,10,14H2,1-2H3,(H,25,29). The van der Waals surface area contributed by atoms with Crippen LogP contribution in [0.2, 0.25) is 0 Å². The Kier molecular flexibility index (Phi) is 6.83. The second-order valence-electron chi connectivity index (χ2n) is 8.08. The van der Waals surface area contributed by atoms with Gasteiger partial charge < -0.3 is 10.2 Å². The van der Waals surface area contributed by atoms with Crippen LogP contribution >= 0.6 is 11.3 Å². The Balaban J connectivity index is 1.71. The van der Waals surface area contributed by atoms with Crippen LogP contribution < -0.4 is 10.2 Å². The molecule has 0 spiro atoms. The zero-order chi connectivity index (χ0) is 23.6. The summed E-state index contributed by atoms with van der Waals surface area (Å²) in [6.07, 6.45) is 2.78. The van der Waals surface area contributed by atoms with Crippen molar-refractivity contribution in [2.75, 3.05) is 30.4 Å². The highest BCUT2D eigenvalue weighted by molar-refractivity contribution is 7.91. The molecule has 3 aromatic rings. The third-order valence-corrected chi connectivity index (χ3v) is 9.42. The molecule has 1 amide bonds. The molecule has 1 aromatic heterocycles. The Morgan fingerprint density at radius 3 is 2.73 bits per heavy atom. The predicted molar refractivity (Wildman–Crippen MR) is 133 cm³/mol. The molecular formula is C24H27N3O4S2. The van der Waals surface area contributed by atoms with Crippen LogP contribution in [0.5, 0.6) is 0 Å². The van der Waals surface area contributed by atoms with Crippen molar-refractivity contribution in [3.63, 3.8) is 0 Å². The van der Waals surface area contributed by atoms with E-state index in [4.69, 9.17) is 0 Å². The summed E-state index contributed by atoms with van der Waals surface area (Å²) in [6.45, 7) is 3.09. The van der Waals surface area contributed by atoms with Crippen LogP contribution in [0.4, 0.5) is 11.4 Å². The number of fused-ring (bicyclic) bond motifs is 1. The molecule has 1 saturated heterocycles. The molecular weight excluding hydrogens is 458 g/mol. The van der Waals surface area contributed by atoms with Gasteiger partial charge in [0.1, 0.15) is 10.3 Å². The van der Waals surface area contributed by atoms with E-state index < -0.39 is 16.1 Å². The molecule has 1 unspecified atom stereocenters. The molecule has 1 N–H and O–H groups in total. The first-order valence-corrected chi connectivity index (χ1v) is 13.3. The largest absolute Gasteiger partial charge is 0.374 e. The van der Waals surface area contributed by atoms with E-state index in [0.29, 0.717) is 24.2 Å². The van der Waals surface area contributed by atoms with Crippen molar-refractivity contribution in [1.29, 1.82) is 0 Å². The highest BCUT2D eigenvalue weighted by atomic mass is 32.2. The molecule has 0 aliphatic carbocycles. The van der Waals surface area contributed by atoms with Gasteiger partial charge in [-0.25, -0.2) is 8.42 Å². The van der Waals surface area contributed by atoms with E-state index in [1.54, 1.807) is 29.6 Å². The Morgan fingerprint density at radius 1 is 1.21 bits per heavy atom. The summed E-state index contributed by atoms with van der Waals surface area (Å²) < 4.78 is 27.9. The van der Waals surface area contributed by atoms with Crippen LogP contribution in [0.25, 0.3) is 10.8 Å². The van der Waals surface area contributed by atoms with Gasteiger partial charge in [0.25, 0.3) is 10.0 Å². The van der Waals surface area contributed by atoms with E-state index >= 15 is 0 Å². The van der Waals surface area contributed by atoms with Crippen molar-refractivity contribution in [3.05, 3.63) is 53.4 Å². The molecule has 0 bridgehead atoms. The van der Waals surface area contributed by atoms with Crippen molar-refractivity contribution in [2.45, 2.75) is 36.4 Å². The minimum absolute atomic E-state index is 0.246. The first-order chi connectivity index (χ1) is 15.9. The van der Waals surface area contributed by atoms with Crippen LogP contribution in [0, 0.1) is 0 Å². The van der Waals surface area contributed by atoms with Gasteiger partial charge in [-0.2, -0.15) is 4.31 Å². The number of aldehydes is 1. The Bertz CT molecular complexity index is 1270. The van der Waals surface area contributed by atoms with Gasteiger partial charge in [0.15, 0.2) is 6.29 Å². The molecule has 1 aliphatic heterocycles. The maximum Gasteiger partial charge on any atom is 0.253 e. The van der Waals surface area contributed by atoms with Crippen LogP contribution in [0.15, 0.2) is 52.1 Å². The first-order valence-electron chi connectivity index (χ1n) is 11.0. The Labute approximate surface area is 198 Å². The second-order valence-corrected chi connectivity index (χ2v) is 11.1. The van der Waals surface area contributed by atoms with Crippen molar-refractivity contribution in [1.82, 2.24) is 4.31 Å². The summed E-state index contributed by atoms with van der Waals surface area (Å²) in [4.78, 5) is 27.2. The number of thiophene rings is 1. The fourth-order valence-corrected chi connectivity index (χ4v) is 7.08. The average molecular weight is 486 g/mol. The number of nitrogens with zero attached hydrogens (tertiary/aromatic N) is 2. The van der Waals surface area contributed by atoms with E-state index in [-0.39, 0.29) is 10.1 Å². The van der Waals surface area contributed by atoms with Gasteiger partial charge in [0, 0.05) is 47.8 Å². The summed E-state index contributed by atoms with van der Waals surface area (Å²) in [7, 11) is -1.79. The number of benzene rings is 2. The van der Waals surface area contributed by atoms with Crippen molar-refractivity contribution in [3.8, 4) is 0 Å². The van der Waals surface area contributed by atoms with Gasteiger partial charge in [-0.3, -0.25) is 9.59 Å². The lowest BCUT2D eigenvalue weighted by Gasteiger charge is -2.33. The van der Waals surface area contributed by atoms with Crippen LogP contribution in [-0.4, -0.2) is 51.1 Å². The zero-order valence-electron chi connectivity index (χ0n) is 18.7. The van der Waals surface area contributed by atoms with Gasteiger partial charge in [-0.05, 0) is 43.3 Å². The van der Waals surface area contributed by atoms with E-state index in [1.165, 1.54) is 4.31 Å². The molecule has 1 aliphatic rings. The molecule has 2 aromatic carbocycles. The summed E-state index contributed by atoms with van der Waals surface area (Å²) in [6, 6.07) is 11.6. The molecule has 9 heteroatoms. The van der Waals surface area contributed by atoms with E-state index in [1.807, 2.05) is 37.1 Å². The number of piperidine rings is 1. The van der Waals surface area contributed by atoms with Crippen LogP contribution in [-0.2, 0) is 14.8 Å². The van der Waals surface area contributed by atoms with E-state index in [2.05, 4.69) is 5.32 Å². The highest BCUT2D eigenvalue weighted by Gasteiger charge is 2.38. The quantitative estimate of drug-likeness (QED) is 0.503. The van der Waals surface area contributed by atoms with Crippen LogP contribution in [0.3, 0.4) is 0 Å². The summed E-state index contributed by atoms with van der Waals surface area (Å²) >= 11 is 1.15. The lowest BCUT2D eigenvalue weighted by molar-refractivity contribution is -0.120. The smallest absolute Gasteiger partial charge is 0.253 e. The van der Waals surface area contributed by atoms with Gasteiger partial charge in [-0.15, -0.1) is 11.3 Å². The number of anilines is 2. The minimum atomic E-state index is -3.74. The van der Waals surface area contributed by atoms with Gasteiger partial charge in [0.05, 0.1) is 0 Å². The Hall–Kier alpha value is -2.75. The normalized spacial score (nSPS) is 17.1. The van der Waals surface area contributed by atoms with Gasteiger partial charge in [0.2, 0.25) is 5.91 Å². The molecule has 174 valence electrons. The van der Waals surface area contributed by atoms with Crippen LogP contribution in [0.1, 0.15) is 36.5 Å². The number of carbonyl (C=O) groups excluding carboxylic acids is 2. The number of hydrogen-bond acceptors (Lipinski definition) is 6. The molecule has 0 radical (unpaired) electrons. The molecule has 0 saturated carbocycles. The van der Waals surface area contributed by atoms with Crippen molar-refractivity contribution in [2.24, 2.45) is 0 Å². The Morgan fingerprint density at radius 2 is 2.03 bits per heavy atom. The monoisotopic (exact) mass is 485 g/mol. The minimum Gasteiger partial charge on any atom is -0.374 e. The molecule has 1 fully saturated rings. The van der Waals surface area contributed by atoms with Crippen molar-refractivity contribution >= 4 is 55.7 Å². The average Bonchev–Trinajstić information content (AvgIpc) is 3.39. The topological polar surface area (TPSA) is 86.8 Å². The molecule has 4 rings (SSSR count). The highest BCUT2D eigenvalue weighted by Crippen LogP contribution is 2.35. The number of hydrogen-bond donors (Lipinski definition) is 1. The van der Waals surface area contributed by atoms with Crippen molar-refractivity contribution < 1.29 is 18.0 Å². The number of sulfonamides is 1. The number of carbonyl (C=O) groups is 2. The number of nitrogens with one attached hydrogen (secondary N) is 1. The maximum atomic E-state index is 13.4. The third kappa shape index (κ3) is 4.40. The lowest BCUT2D eigenvalue weighted by Crippen LogP contribution is -2.49. The van der Waals surface area contributed by atoms with Gasteiger partial charge >= 0.3 is 0 Å². The molecule has 2 heterocycles. The SMILES string of the molecule is CCN(C)c1ccc(NC(=O)C2CCCCN2S(=O)(=O)c2cccs2)c2cccc(C=O)c12. The third-order valence-electron chi connectivity index (χ3n) is 6.14. The first kappa shape index (κ1) is 23.4. The summed E-state index contributed by atoms with van der Waals surface area (Å²) in [5, 5.41) is 6.19. The molecule has 33 heavy (non-hydrogen) atoms. The lowest BCUT2D eigenvalue weighted by atomic mass is 10.00.